The van der Waals surface area contributed by atoms with Crippen LogP contribution in [-0.2, 0) is 0 Å². The van der Waals surface area contributed by atoms with Crippen molar-refractivity contribution < 1.29 is 24.1 Å². The lowest BCUT2D eigenvalue weighted by molar-refractivity contribution is 0.0952. The van der Waals surface area contributed by atoms with Crippen molar-refractivity contribution in [2.24, 2.45) is 5.10 Å². The van der Waals surface area contributed by atoms with Gasteiger partial charge in [-0.05, 0) is 30.3 Å². The van der Waals surface area contributed by atoms with E-state index in [2.05, 4.69) is 16.4 Å². The lowest BCUT2D eigenvalue weighted by atomic mass is 10.2. The van der Waals surface area contributed by atoms with Crippen molar-refractivity contribution in [1.29, 1.82) is 0 Å². The Bertz CT molecular complexity index is 855. The van der Waals surface area contributed by atoms with E-state index < -0.39 is 5.91 Å². The minimum atomic E-state index is -0.574. The zero-order chi connectivity index (χ0) is 18.9. The molecular weight excluding hydrogens is 336 g/mol. The molecule has 2 aromatic carbocycles. The summed E-state index contributed by atoms with van der Waals surface area (Å²) in [6.07, 6.45) is 6.59. The number of rotatable bonds is 7. The molecule has 0 bridgehead atoms. The number of hydrogen-bond acceptors (Lipinski definition) is 6. The first-order valence-electron chi connectivity index (χ1n) is 7.53. The van der Waals surface area contributed by atoms with E-state index in [-0.39, 0.29) is 17.9 Å². The summed E-state index contributed by atoms with van der Waals surface area (Å²) < 4.78 is 15.6. The van der Waals surface area contributed by atoms with Crippen LogP contribution in [0, 0.1) is 12.3 Å². The molecule has 2 N–H and O–H groups in total. The van der Waals surface area contributed by atoms with E-state index in [0.717, 1.165) is 0 Å². The third kappa shape index (κ3) is 4.68. The molecule has 1 amide bonds. The molecule has 2 aromatic rings. The number of nitrogens with zero attached hydrogens (tertiary/aromatic N) is 1. The highest BCUT2D eigenvalue weighted by Gasteiger charge is 2.11. The fourth-order valence-electron chi connectivity index (χ4n) is 2.06. The number of methoxy groups -OCH3 is 2. The number of phenols is 1. The number of benzene rings is 2. The molecule has 0 saturated carbocycles. The van der Waals surface area contributed by atoms with E-state index >= 15 is 0 Å². The highest BCUT2D eigenvalue weighted by Crippen LogP contribution is 2.24. The Labute approximate surface area is 151 Å². The molecule has 0 heterocycles. The number of hydrazone groups is 1. The Balaban J connectivity index is 2.14. The average molecular weight is 354 g/mol. The highest BCUT2D eigenvalue weighted by atomic mass is 16.5. The zero-order valence-corrected chi connectivity index (χ0v) is 14.4. The molecule has 0 radical (unpaired) electrons. The largest absolute Gasteiger partial charge is 0.507 e. The molecule has 0 aromatic heterocycles. The number of hydrogen-bond donors (Lipinski definition) is 2. The number of nitrogens with one attached hydrogen (secondary N) is 1. The van der Waals surface area contributed by atoms with E-state index in [1.807, 2.05) is 0 Å². The number of ether oxygens (including phenoxy) is 3. The number of terminal acetylenes is 1. The van der Waals surface area contributed by atoms with Crippen LogP contribution in [0.3, 0.4) is 0 Å². The molecule has 0 spiro atoms. The van der Waals surface area contributed by atoms with E-state index in [4.69, 9.17) is 20.6 Å². The summed E-state index contributed by atoms with van der Waals surface area (Å²) in [5.74, 6) is 3.12. The van der Waals surface area contributed by atoms with E-state index in [1.54, 1.807) is 24.3 Å². The quantitative estimate of drug-likeness (QED) is 0.452. The SMILES string of the molecule is C#CCOc1ccc(OC)cc1/C=N\NC(=O)c1ccc(OC)cc1O. The summed E-state index contributed by atoms with van der Waals surface area (Å²) in [5.41, 5.74) is 2.97. The summed E-state index contributed by atoms with van der Waals surface area (Å²) in [6, 6.07) is 9.43. The molecule has 0 aliphatic heterocycles. The summed E-state index contributed by atoms with van der Waals surface area (Å²) in [4.78, 5) is 12.1. The van der Waals surface area contributed by atoms with E-state index in [9.17, 15) is 9.90 Å². The maximum atomic E-state index is 12.1. The van der Waals surface area contributed by atoms with Gasteiger partial charge in [0, 0.05) is 11.6 Å². The molecule has 0 atom stereocenters. The van der Waals surface area contributed by atoms with Gasteiger partial charge in [0.25, 0.3) is 5.91 Å². The van der Waals surface area contributed by atoms with Gasteiger partial charge in [0.2, 0.25) is 0 Å². The first kappa shape index (κ1) is 18.7. The second-order valence-corrected chi connectivity index (χ2v) is 4.98. The standard InChI is InChI=1S/C19H18N2O5/c1-4-9-26-18-8-6-14(24-2)10-13(18)12-20-21-19(23)16-7-5-15(25-3)11-17(16)22/h1,5-8,10-12,22H,9H2,2-3H3,(H,21,23)/b20-12-. The fraction of sp³-hybridized carbons (Fsp3) is 0.158. The highest BCUT2D eigenvalue weighted by molar-refractivity contribution is 5.97. The maximum absolute atomic E-state index is 12.1. The summed E-state index contributed by atoms with van der Waals surface area (Å²) in [5, 5.41) is 13.8. The van der Waals surface area contributed by atoms with Gasteiger partial charge in [-0.15, -0.1) is 6.42 Å². The maximum Gasteiger partial charge on any atom is 0.275 e. The van der Waals surface area contributed by atoms with Gasteiger partial charge in [-0.1, -0.05) is 5.92 Å². The van der Waals surface area contributed by atoms with Crippen LogP contribution >= 0.6 is 0 Å². The van der Waals surface area contributed by atoms with Crippen molar-refractivity contribution in [3.63, 3.8) is 0 Å². The van der Waals surface area contributed by atoms with Gasteiger partial charge < -0.3 is 19.3 Å². The van der Waals surface area contributed by atoms with Crippen LogP contribution in [0.25, 0.3) is 0 Å². The minimum Gasteiger partial charge on any atom is -0.507 e. The Hall–Kier alpha value is -3.66. The molecule has 0 aliphatic carbocycles. The number of carbonyl (C=O) groups is 1. The zero-order valence-electron chi connectivity index (χ0n) is 14.4. The van der Waals surface area contributed by atoms with Crippen LogP contribution in [0.4, 0.5) is 0 Å². The van der Waals surface area contributed by atoms with Crippen LogP contribution in [-0.4, -0.2) is 38.1 Å². The predicted octanol–water partition coefficient (Wildman–Crippen LogP) is 2.19. The van der Waals surface area contributed by atoms with Crippen molar-refractivity contribution in [2.75, 3.05) is 20.8 Å². The van der Waals surface area contributed by atoms with Crippen molar-refractivity contribution in [1.82, 2.24) is 5.43 Å². The third-order valence-corrected chi connectivity index (χ3v) is 3.35. The van der Waals surface area contributed by atoms with Gasteiger partial charge >= 0.3 is 0 Å². The average Bonchev–Trinajstić information content (AvgIpc) is 2.66. The Kier molecular flexibility index (Phi) is 6.46. The smallest absolute Gasteiger partial charge is 0.275 e. The number of phenolic OH excluding ortho intramolecular Hbond substituents is 1. The molecule has 0 fully saturated rings. The monoisotopic (exact) mass is 354 g/mol. The van der Waals surface area contributed by atoms with Crippen LogP contribution in [0.15, 0.2) is 41.5 Å². The normalized spacial score (nSPS) is 10.2. The minimum absolute atomic E-state index is 0.0670. The van der Waals surface area contributed by atoms with Gasteiger partial charge in [-0.3, -0.25) is 4.79 Å². The molecule has 0 unspecified atom stereocenters. The van der Waals surface area contributed by atoms with Gasteiger partial charge in [-0.2, -0.15) is 5.10 Å². The van der Waals surface area contributed by atoms with Gasteiger partial charge in [-0.25, -0.2) is 5.43 Å². The van der Waals surface area contributed by atoms with Crippen molar-refractivity contribution in [2.45, 2.75) is 0 Å². The molecule has 7 heteroatoms. The Morgan fingerprint density at radius 2 is 1.92 bits per heavy atom. The Morgan fingerprint density at radius 1 is 1.23 bits per heavy atom. The number of amides is 1. The van der Waals surface area contributed by atoms with Crippen LogP contribution < -0.4 is 19.6 Å². The molecule has 134 valence electrons. The summed E-state index contributed by atoms with van der Waals surface area (Å²) in [7, 11) is 3.00. The summed E-state index contributed by atoms with van der Waals surface area (Å²) >= 11 is 0. The lowest BCUT2D eigenvalue weighted by Crippen LogP contribution is -2.17. The third-order valence-electron chi connectivity index (χ3n) is 3.35. The topological polar surface area (TPSA) is 89.4 Å². The van der Waals surface area contributed by atoms with Gasteiger partial charge in [0.15, 0.2) is 0 Å². The van der Waals surface area contributed by atoms with Crippen molar-refractivity contribution >= 4 is 12.1 Å². The molecule has 2 rings (SSSR count). The molecule has 7 nitrogen and oxygen atoms in total. The van der Waals surface area contributed by atoms with Gasteiger partial charge in [0.1, 0.15) is 29.6 Å². The lowest BCUT2D eigenvalue weighted by Gasteiger charge is -2.08. The van der Waals surface area contributed by atoms with E-state index in [0.29, 0.717) is 22.8 Å². The van der Waals surface area contributed by atoms with Crippen molar-refractivity contribution in [3.8, 4) is 35.3 Å². The first-order valence-corrected chi connectivity index (χ1v) is 7.53. The first-order chi connectivity index (χ1) is 12.6. The second kappa shape index (κ2) is 8.99. The molecule has 26 heavy (non-hydrogen) atoms. The van der Waals surface area contributed by atoms with Crippen molar-refractivity contribution in [3.05, 3.63) is 47.5 Å². The second-order valence-electron chi connectivity index (χ2n) is 4.98. The van der Waals surface area contributed by atoms with Crippen LogP contribution in [0.2, 0.25) is 0 Å². The fourth-order valence-corrected chi connectivity index (χ4v) is 2.06. The van der Waals surface area contributed by atoms with Crippen LogP contribution in [0.1, 0.15) is 15.9 Å². The summed E-state index contributed by atoms with van der Waals surface area (Å²) in [6.45, 7) is 0.0965. The number of carbonyl (C=O) groups excluding carboxylic acids is 1. The molecule has 0 aliphatic rings. The number of aromatic hydroxyl groups is 1. The van der Waals surface area contributed by atoms with Gasteiger partial charge in [0.05, 0.1) is 26.0 Å². The predicted molar refractivity (Wildman–Crippen MR) is 97.0 cm³/mol. The van der Waals surface area contributed by atoms with E-state index in [1.165, 1.54) is 32.6 Å². The molecular formula is C19H18N2O5. The van der Waals surface area contributed by atoms with Crippen LogP contribution in [0.5, 0.6) is 23.0 Å². The Morgan fingerprint density at radius 3 is 2.58 bits per heavy atom. The molecule has 0 saturated heterocycles.